The fourth-order valence-corrected chi connectivity index (χ4v) is 2.09. The molecule has 1 heterocycles. The van der Waals surface area contributed by atoms with Crippen molar-refractivity contribution in [2.24, 2.45) is 0 Å². The van der Waals surface area contributed by atoms with Crippen LogP contribution in [-0.4, -0.2) is 61.0 Å². The second kappa shape index (κ2) is 7.10. The molecule has 0 aromatic heterocycles. The van der Waals surface area contributed by atoms with Gasteiger partial charge in [0.25, 0.3) is 0 Å². The van der Waals surface area contributed by atoms with Crippen molar-refractivity contribution < 1.29 is 4.79 Å². The summed E-state index contributed by atoms with van der Waals surface area (Å²) in [5, 5.41) is 3.35. The summed E-state index contributed by atoms with van der Waals surface area (Å²) < 4.78 is 0. The van der Waals surface area contributed by atoms with Crippen molar-refractivity contribution in [3.63, 3.8) is 0 Å². The van der Waals surface area contributed by atoms with Crippen LogP contribution in [-0.2, 0) is 4.79 Å². The zero-order valence-corrected chi connectivity index (χ0v) is 12.5. The van der Waals surface area contributed by atoms with E-state index in [2.05, 4.69) is 31.0 Å². The minimum atomic E-state index is -0.0599. The van der Waals surface area contributed by atoms with Crippen LogP contribution in [0, 0.1) is 0 Å². The standard InChI is InChI=1S/C14H29N3O/c1-14(2,3)16(4)13(18)7-5-6-10-17-11-8-15-9-12-17/h15H,5-12H2,1-4H3. The van der Waals surface area contributed by atoms with E-state index in [0.29, 0.717) is 6.42 Å². The van der Waals surface area contributed by atoms with Gasteiger partial charge in [0.2, 0.25) is 5.91 Å². The van der Waals surface area contributed by atoms with Gasteiger partial charge in [-0.15, -0.1) is 0 Å². The number of amides is 1. The summed E-state index contributed by atoms with van der Waals surface area (Å²) in [6.07, 6.45) is 2.81. The Bertz CT molecular complexity index is 254. The van der Waals surface area contributed by atoms with Gasteiger partial charge in [0.1, 0.15) is 0 Å². The topological polar surface area (TPSA) is 35.6 Å². The SMILES string of the molecule is CN(C(=O)CCCCN1CCNCC1)C(C)(C)C. The van der Waals surface area contributed by atoms with Crippen molar-refractivity contribution >= 4 is 5.91 Å². The minimum absolute atomic E-state index is 0.0599. The lowest BCUT2D eigenvalue weighted by Crippen LogP contribution is -2.44. The zero-order chi connectivity index (χ0) is 13.6. The maximum absolute atomic E-state index is 11.9. The number of hydrogen-bond acceptors (Lipinski definition) is 3. The van der Waals surface area contributed by atoms with Crippen molar-refractivity contribution in [2.75, 3.05) is 39.8 Å². The Morgan fingerprint density at radius 3 is 2.39 bits per heavy atom. The number of hydrogen-bond donors (Lipinski definition) is 1. The van der Waals surface area contributed by atoms with E-state index in [9.17, 15) is 4.79 Å². The molecule has 18 heavy (non-hydrogen) atoms. The molecule has 1 fully saturated rings. The van der Waals surface area contributed by atoms with E-state index in [1.165, 1.54) is 0 Å². The summed E-state index contributed by atoms with van der Waals surface area (Å²) in [5.41, 5.74) is -0.0599. The quantitative estimate of drug-likeness (QED) is 0.753. The molecule has 0 spiro atoms. The Hall–Kier alpha value is -0.610. The maximum Gasteiger partial charge on any atom is 0.222 e. The first-order valence-corrected chi connectivity index (χ1v) is 7.11. The average Bonchev–Trinajstić information content (AvgIpc) is 2.33. The van der Waals surface area contributed by atoms with E-state index in [0.717, 1.165) is 45.6 Å². The Balaban J connectivity index is 2.11. The van der Waals surface area contributed by atoms with Gasteiger partial charge in [-0.3, -0.25) is 4.79 Å². The zero-order valence-electron chi connectivity index (χ0n) is 12.5. The van der Waals surface area contributed by atoms with Gasteiger partial charge in [-0.2, -0.15) is 0 Å². The van der Waals surface area contributed by atoms with Crippen LogP contribution in [0.2, 0.25) is 0 Å². The summed E-state index contributed by atoms with van der Waals surface area (Å²) in [6.45, 7) is 11.9. The summed E-state index contributed by atoms with van der Waals surface area (Å²) in [4.78, 5) is 16.3. The number of nitrogens with zero attached hydrogens (tertiary/aromatic N) is 2. The van der Waals surface area contributed by atoms with Crippen LogP contribution in [0.25, 0.3) is 0 Å². The van der Waals surface area contributed by atoms with Gasteiger partial charge in [0.05, 0.1) is 0 Å². The fourth-order valence-electron chi connectivity index (χ4n) is 2.09. The third-order valence-electron chi connectivity index (χ3n) is 3.70. The van der Waals surface area contributed by atoms with Crippen LogP contribution >= 0.6 is 0 Å². The molecule has 0 bridgehead atoms. The molecule has 0 aliphatic carbocycles. The molecule has 4 nitrogen and oxygen atoms in total. The molecular weight excluding hydrogens is 226 g/mol. The van der Waals surface area contributed by atoms with Crippen LogP contribution in [0.5, 0.6) is 0 Å². The van der Waals surface area contributed by atoms with E-state index in [-0.39, 0.29) is 11.4 Å². The molecule has 1 amide bonds. The lowest BCUT2D eigenvalue weighted by atomic mass is 10.1. The van der Waals surface area contributed by atoms with E-state index in [4.69, 9.17) is 0 Å². The third kappa shape index (κ3) is 5.36. The van der Waals surface area contributed by atoms with E-state index in [1.54, 1.807) is 0 Å². The van der Waals surface area contributed by atoms with Crippen LogP contribution in [0.4, 0.5) is 0 Å². The number of rotatable bonds is 5. The highest BCUT2D eigenvalue weighted by molar-refractivity contribution is 5.76. The predicted octanol–water partition coefficient (Wildman–Crippen LogP) is 1.32. The Morgan fingerprint density at radius 2 is 1.83 bits per heavy atom. The van der Waals surface area contributed by atoms with Gasteiger partial charge < -0.3 is 15.1 Å². The minimum Gasteiger partial charge on any atom is -0.341 e. The van der Waals surface area contributed by atoms with Crippen LogP contribution < -0.4 is 5.32 Å². The summed E-state index contributed by atoms with van der Waals surface area (Å²) in [7, 11) is 1.90. The summed E-state index contributed by atoms with van der Waals surface area (Å²) in [6, 6.07) is 0. The van der Waals surface area contributed by atoms with Gasteiger partial charge in [0, 0.05) is 45.2 Å². The fraction of sp³-hybridized carbons (Fsp3) is 0.929. The monoisotopic (exact) mass is 255 g/mol. The van der Waals surface area contributed by atoms with Gasteiger partial charge in [-0.05, 0) is 40.2 Å². The number of nitrogens with one attached hydrogen (secondary N) is 1. The van der Waals surface area contributed by atoms with Gasteiger partial charge in [-0.1, -0.05) is 0 Å². The van der Waals surface area contributed by atoms with E-state index in [1.807, 2.05) is 11.9 Å². The van der Waals surface area contributed by atoms with Gasteiger partial charge in [0.15, 0.2) is 0 Å². The molecule has 0 radical (unpaired) electrons. The van der Waals surface area contributed by atoms with E-state index >= 15 is 0 Å². The predicted molar refractivity (Wildman–Crippen MR) is 75.7 cm³/mol. The maximum atomic E-state index is 11.9. The molecule has 106 valence electrons. The first kappa shape index (κ1) is 15.4. The average molecular weight is 255 g/mol. The van der Waals surface area contributed by atoms with Crippen molar-refractivity contribution in [2.45, 2.75) is 45.6 Å². The molecular formula is C14H29N3O. The molecule has 1 saturated heterocycles. The molecule has 1 N–H and O–H groups in total. The molecule has 4 heteroatoms. The largest absolute Gasteiger partial charge is 0.341 e. The molecule has 0 atom stereocenters. The highest BCUT2D eigenvalue weighted by Gasteiger charge is 2.21. The third-order valence-corrected chi connectivity index (χ3v) is 3.70. The van der Waals surface area contributed by atoms with Crippen molar-refractivity contribution in [1.29, 1.82) is 0 Å². The highest BCUT2D eigenvalue weighted by Crippen LogP contribution is 2.13. The number of unbranched alkanes of at least 4 members (excludes halogenated alkanes) is 1. The second-order valence-corrected chi connectivity index (χ2v) is 6.17. The summed E-state index contributed by atoms with van der Waals surface area (Å²) >= 11 is 0. The van der Waals surface area contributed by atoms with Crippen molar-refractivity contribution in [3.8, 4) is 0 Å². The second-order valence-electron chi connectivity index (χ2n) is 6.17. The first-order valence-electron chi connectivity index (χ1n) is 7.11. The summed E-state index contributed by atoms with van der Waals surface area (Å²) in [5.74, 6) is 0.266. The Labute approximate surface area is 112 Å². The normalized spacial score (nSPS) is 17.8. The molecule has 1 rings (SSSR count). The van der Waals surface area contributed by atoms with Crippen molar-refractivity contribution in [3.05, 3.63) is 0 Å². The van der Waals surface area contributed by atoms with Gasteiger partial charge >= 0.3 is 0 Å². The smallest absolute Gasteiger partial charge is 0.222 e. The lowest BCUT2D eigenvalue weighted by molar-refractivity contribution is -0.134. The Morgan fingerprint density at radius 1 is 1.22 bits per heavy atom. The molecule has 0 saturated carbocycles. The molecule has 0 aromatic rings. The molecule has 1 aliphatic heterocycles. The lowest BCUT2D eigenvalue weighted by Gasteiger charge is -2.32. The van der Waals surface area contributed by atoms with E-state index < -0.39 is 0 Å². The van der Waals surface area contributed by atoms with Gasteiger partial charge in [-0.25, -0.2) is 0 Å². The first-order chi connectivity index (χ1) is 8.41. The molecule has 0 aromatic carbocycles. The molecule has 0 unspecified atom stereocenters. The Kier molecular flexibility index (Phi) is 6.09. The highest BCUT2D eigenvalue weighted by atomic mass is 16.2. The number of carbonyl (C=O) groups is 1. The number of carbonyl (C=O) groups excluding carboxylic acids is 1. The van der Waals surface area contributed by atoms with Crippen molar-refractivity contribution in [1.82, 2.24) is 15.1 Å². The number of piperazine rings is 1. The van der Waals surface area contributed by atoms with Crippen LogP contribution in [0.1, 0.15) is 40.0 Å². The molecule has 1 aliphatic rings. The van der Waals surface area contributed by atoms with Crippen LogP contribution in [0.3, 0.4) is 0 Å². The van der Waals surface area contributed by atoms with Crippen LogP contribution in [0.15, 0.2) is 0 Å².